The van der Waals surface area contributed by atoms with Gasteiger partial charge in [-0.05, 0) is 62.9 Å². The van der Waals surface area contributed by atoms with Gasteiger partial charge in [0.2, 0.25) is 11.8 Å². The van der Waals surface area contributed by atoms with E-state index in [4.69, 9.17) is 14.2 Å². The maximum atomic E-state index is 14.7. The summed E-state index contributed by atoms with van der Waals surface area (Å²) in [5.41, 5.74) is 0.991. The highest BCUT2D eigenvalue weighted by Gasteiger charge is 2.75. The van der Waals surface area contributed by atoms with Crippen molar-refractivity contribution in [2.45, 2.75) is 69.4 Å². The van der Waals surface area contributed by atoms with Crippen LogP contribution >= 0.6 is 0 Å². The zero-order chi connectivity index (χ0) is 37.4. The topological polar surface area (TPSA) is 138 Å². The average Bonchev–Trinajstić information content (AvgIpc) is 3.80. The summed E-state index contributed by atoms with van der Waals surface area (Å²) in [6.07, 6.45) is 3.18. The second kappa shape index (κ2) is 17.3. The molecule has 0 aliphatic carbocycles. The smallest absolute Gasteiger partial charge is 0.313 e. The standard InChI is InChI=1S/C40H52N4O8/c1-6-10-16-32(46)41-30(26-50-5)35(27-14-12-11-13-15-27)51-39(49)33-31-21-22-40(52-31)34(33)37(47)44(24-25-45)36(40)38(48)43(23-7-2)29-19-17-28(18-20-29)42(8-3)9-4/h6-7,11-15,17-20,30-31,33-36,45H,1-2,8-10,16,21-26H2,3-5H3,(H,41,46)/t30-,31-,33+,34+,35-,36-,40+/m0/s1. The minimum Gasteiger partial charge on any atom is -0.455 e. The molecular weight excluding hydrogens is 664 g/mol. The summed E-state index contributed by atoms with van der Waals surface area (Å²) in [4.78, 5) is 61.5. The highest BCUT2D eigenvalue weighted by atomic mass is 16.6. The van der Waals surface area contributed by atoms with E-state index < -0.39 is 53.6 Å². The van der Waals surface area contributed by atoms with Gasteiger partial charge in [0.05, 0.1) is 37.2 Å². The molecule has 12 heteroatoms. The minimum atomic E-state index is -1.30. The maximum Gasteiger partial charge on any atom is 0.313 e. The van der Waals surface area contributed by atoms with E-state index >= 15 is 0 Å². The van der Waals surface area contributed by atoms with Gasteiger partial charge in [0.1, 0.15) is 17.7 Å². The van der Waals surface area contributed by atoms with Crippen LogP contribution < -0.4 is 15.1 Å². The molecule has 0 aromatic heterocycles. The van der Waals surface area contributed by atoms with E-state index in [1.165, 1.54) is 12.0 Å². The van der Waals surface area contributed by atoms with Crippen LogP contribution in [0, 0.1) is 11.8 Å². The van der Waals surface area contributed by atoms with Crippen molar-refractivity contribution in [3.63, 3.8) is 0 Å². The number of aliphatic hydroxyl groups excluding tert-OH is 1. The number of carbonyl (C=O) groups is 4. The second-order valence-corrected chi connectivity index (χ2v) is 13.5. The number of likely N-dealkylation sites (tertiary alicyclic amines) is 1. The number of rotatable bonds is 19. The van der Waals surface area contributed by atoms with E-state index in [9.17, 15) is 24.3 Å². The van der Waals surface area contributed by atoms with E-state index in [2.05, 4.69) is 37.2 Å². The Morgan fingerprint density at radius 3 is 2.38 bits per heavy atom. The van der Waals surface area contributed by atoms with Crippen LogP contribution in [-0.4, -0.2) is 104 Å². The number of amides is 3. The molecule has 3 aliphatic rings. The minimum absolute atomic E-state index is 0.0550. The summed E-state index contributed by atoms with van der Waals surface area (Å²) in [6.45, 7) is 13.1. The first kappa shape index (κ1) is 38.7. The van der Waals surface area contributed by atoms with Gasteiger partial charge < -0.3 is 39.3 Å². The molecule has 2 N–H and O–H groups in total. The number of ether oxygens (including phenoxy) is 3. The molecule has 52 heavy (non-hydrogen) atoms. The SMILES string of the molecule is C=CCCC(=O)N[C@@H](COC)[C@@H](OC(=O)[C@@H]1[C@@H]2CC[C@]3(O2)[C@H](C(=O)N(CC=C)c2ccc(N(CC)CC)cc2)N(CCO)C(=O)[C@@H]13)c1ccccc1. The van der Waals surface area contributed by atoms with Gasteiger partial charge in [-0.2, -0.15) is 0 Å². The van der Waals surface area contributed by atoms with Crippen molar-refractivity contribution in [1.29, 1.82) is 0 Å². The molecule has 3 fully saturated rings. The Labute approximate surface area is 306 Å². The van der Waals surface area contributed by atoms with Crippen LogP contribution in [0.15, 0.2) is 79.9 Å². The number of fused-ring (bicyclic) bond motifs is 1. The molecule has 3 aliphatic heterocycles. The Balaban J connectivity index is 1.46. The van der Waals surface area contributed by atoms with Crippen LogP contribution in [0.25, 0.3) is 0 Å². The molecule has 2 bridgehead atoms. The first-order chi connectivity index (χ1) is 25.2. The summed E-state index contributed by atoms with van der Waals surface area (Å²) in [6, 6.07) is 14.9. The molecule has 0 saturated carbocycles. The molecule has 7 atom stereocenters. The van der Waals surface area contributed by atoms with E-state index in [-0.39, 0.29) is 44.5 Å². The predicted octanol–water partition coefficient (Wildman–Crippen LogP) is 3.80. The number of esters is 1. The fraction of sp³-hybridized carbons (Fsp3) is 0.500. The van der Waals surface area contributed by atoms with Crippen molar-refractivity contribution < 1.29 is 38.5 Å². The molecule has 12 nitrogen and oxygen atoms in total. The van der Waals surface area contributed by atoms with Gasteiger partial charge in [0, 0.05) is 51.1 Å². The molecule has 280 valence electrons. The lowest BCUT2D eigenvalue weighted by Crippen LogP contribution is -2.56. The van der Waals surface area contributed by atoms with E-state index in [0.717, 1.165) is 18.8 Å². The van der Waals surface area contributed by atoms with Crippen LogP contribution in [0.4, 0.5) is 11.4 Å². The zero-order valence-corrected chi connectivity index (χ0v) is 30.4. The van der Waals surface area contributed by atoms with Crippen molar-refractivity contribution in [3.05, 3.63) is 85.5 Å². The van der Waals surface area contributed by atoms with Crippen molar-refractivity contribution in [2.75, 3.05) is 56.3 Å². The van der Waals surface area contributed by atoms with Gasteiger partial charge in [-0.15, -0.1) is 13.2 Å². The van der Waals surface area contributed by atoms with Crippen molar-refractivity contribution in [2.24, 2.45) is 11.8 Å². The monoisotopic (exact) mass is 716 g/mol. The number of anilines is 2. The molecule has 2 aromatic rings. The number of nitrogens with zero attached hydrogens (tertiary/aromatic N) is 3. The van der Waals surface area contributed by atoms with Crippen LogP contribution in [0.5, 0.6) is 0 Å². The summed E-state index contributed by atoms with van der Waals surface area (Å²) in [7, 11) is 1.50. The molecule has 0 unspecified atom stereocenters. The number of carbonyl (C=O) groups excluding carboxylic acids is 4. The van der Waals surface area contributed by atoms with Gasteiger partial charge >= 0.3 is 5.97 Å². The molecular formula is C40H52N4O8. The summed E-state index contributed by atoms with van der Waals surface area (Å²) in [5, 5.41) is 13.0. The maximum absolute atomic E-state index is 14.7. The highest BCUT2D eigenvalue weighted by Crippen LogP contribution is 2.59. The molecule has 1 spiro atoms. The molecule has 3 amide bonds. The van der Waals surface area contributed by atoms with Gasteiger partial charge in [0.15, 0.2) is 0 Å². The van der Waals surface area contributed by atoms with E-state index in [1.807, 2.05) is 42.5 Å². The summed E-state index contributed by atoms with van der Waals surface area (Å²) < 4.78 is 18.3. The van der Waals surface area contributed by atoms with Crippen molar-refractivity contribution in [3.8, 4) is 0 Å². The lowest BCUT2D eigenvalue weighted by molar-refractivity contribution is -0.163. The summed E-state index contributed by atoms with van der Waals surface area (Å²) in [5.74, 6) is -3.73. The van der Waals surface area contributed by atoms with Gasteiger partial charge in [0.25, 0.3) is 5.91 Å². The normalized spacial score (nSPS) is 24.2. The Bertz CT molecular complexity index is 1580. The number of allylic oxidation sites excluding steroid dienone is 1. The van der Waals surface area contributed by atoms with E-state index in [1.54, 1.807) is 29.2 Å². The average molecular weight is 717 g/mol. The fourth-order valence-corrected chi connectivity index (χ4v) is 8.21. The molecule has 5 rings (SSSR count). The molecule has 2 aromatic carbocycles. The first-order valence-corrected chi connectivity index (χ1v) is 18.2. The predicted molar refractivity (Wildman–Crippen MR) is 197 cm³/mol. The number of hydrogen-bond donors (Lipinski definition) is 2. The Morgan fingerprint density at radius 1 is 1.08 bits per heavy atom. The third-order valence-corrected chi connectivity index (χ3v) is 10.5. The number of β-amino-alcohol motifs (C(OH)–C–C–N with tert-alkyl or cyclic N) is 1. The largest absolute Gasteiger partial charge is 0.455 e. The number of hydrogen-bond acceptors (Lipinski definition) is 9. The number of nitrogens with one attached hydrogen (secondary N) is 1. The highest BCUT2D eigenvalue weighted by molar-refractivity contribution is 6.04. The Morgan fingerprint density at radius 2 is 1.77 bits per heavy atom. The van der Waals surface area contributed by atoms with Crippen LogP contribution in [0.2, 0.25) is 0 Å². The molecule has 3 saturated heterocycles. The number of methoxy groups -OCH3 is 1. The molecule has 0 radical (unpaired) electrons. The first-order valence-electron chi connectivity index (χ1n) is 18.2. The fourth-order valence-electron chi connectivity index (χ4n) is 8.21. The van der Waals surface area contributed by atoms with Gasteiger partial charge in [-0.3, -0.25) is 19.2 Å². The number of aliphatic hydroxyl groups is 1. The van der Waals surface area contributed by atoms with Gasteiger partial charge in [-0.25, -0.2) is 0 Å². The Kier molecular flexibility index (Phi) is 12.9. The third-order valence-electron chi connectivity index (χ3n) is 10.5. The third kappa shape index (κ3) is 7.51. The van der Waals surface area contributed by atoms with Crippen LogP contribution in [-0.2, 0) is 33.4 Å². The van der Waals surface area contributed by atoms with Crippen LogP contribution in [0.3, 0.4) is 0 Å². The van der Waals surface area contributed by atoms with Crippen molar-refractivity contribution in [1.82, 2.24) is 10.2 Å². The lowest BCUT2D eigenvalue weighted by Gasteiger charge is -2.36. The summed E-state index contributed by atoms with van der Waals surface area (Å²) >= 11 is 0. The van der Waals surface area contributed by atoms with Gasteiger partial charge in [-0.1, -0.05) is 42.5 Å². The Hall–Kier alpha value is -4.52. The van der Waals surface area contributed by atoms with Crippen molar-refractivity contribution >= 4 is 35.1 Å². The van der Waals surface area contributed by atoms with E-state index in [0.29, 0.717) is 30.5 Å². The quantitative estimate of drug-likeness (QED) is 0.164. The molecule has 3 heterocycles. The zero-order valence-electron chi connectivity index (χ0n) is 30.4. The van der Waals surface area contributed by atoms with Crippen LogP contribution in [0.1, 0.15) is 51.2 Å². The number of benzene rings is 2. The second-order valence-electron chi connectivity index (χ2n) is 13.5. The lowest BCUT2D eigenvalue weighted by atomic mass is 9.70.